The van der Waals surface area contributed by atoms with E-state index in [2.05, 4.69) is 5.32 Å². The van der Waals surface area contributed by atoms with Gasteiger partial charge in [-0.3, -0.25) is 4.79 Å². The van der Waals surface area contributed by atoms with Crippen LogP contribution in [0.1, 0.15) is 12.5 Å². The van der Waals surface area contributed by atoms with Crippen LogP contribution in [0.4, 0.5) is 5.69 Å². The van der Waals surface area contributed by atoms with Gasteiger partial charge in [-0.15, -0.1) is 11.6 Å². The maximum Gasteiger partial charge on any atom is 0.250 e. The summed E-state index contributed by atoms with van der Waals surface area (Å²) in [4.78, 5) is 11.6. The van der Waals surface area contributed by atoms with E-state index in [0.29, 0.717) is 25.6 Å². The lowest BCUT2D eigenvalue weighted by molar-refractivity contribution is 0.337. The molecule has 0 aliphatic heterocycles. The molecule has 0 unspecified atom stereocenters. The Hall–Kier alpha value is -1.94. The molecule has 0 spiro atoms. The van der Waals surface area contributed by atoms with Gasteiger partial charge in [0.1, 0.15) is 5.75 Å². The molecule has 2 aromatic rings. The molecule has 0 saturated heterocycles. The van der Waals surface area contributed by atoms with Crippen molar-refractivity contribution in [1.82, 2.24) is 4.57 Å². The van der Waals surface area contributed by atoms with Gasteiger partial charge in [-0.2, -0.15) is 0 Å². The summed E-state index contributed by atoms with van der Waals surface area (Å²) in [6.45, 7) is 3.85. The number of hydrogen-bond acceptors (Lipinski definition) is 3. The molecule has 0 aliphatic carbocycles. The number of nitrogens with one attached hydrogen (secondary N) is 1. The molecule has 0 bridgehead atoms. The quantitative estimate of drug-likeness (QED) is 0.799. The van der Waals surface area contributed by atoms with Gasteiger partial charge in [0.05, 0.1) is 12.5 Å². The van der Waals surface area contributed by atoms with Crippen LogP contribution in [0.25, 0.3) is 0 Å². The van der Waals surface area contributed by atoms with Crippen molar-refractivity contribution in [3.63, 3.8) is 0 Å². The highest BCUT2D eigenvalue weighted by atomic mass is 35.5. The average Bonchev–Trinajstić information content (AvgIpc) is 2.51. The second-order valence-electron chi connectivity index (χ2n) is 4.55. The van der Waals surface area contributed by atoms with Gasteiger partial charge < -0.3 is 14.6 Å². The van der Waals surface area contributed by atoms with Crippen LogP contribution in [0.15, 0.2) is 47.4 Å². The van der Waals surface area contributed by atoms with Crippen molar-refractivity contribution in [2.24, 2.45) is 0 Å². The monoisotopic (exact) mass is 306 g/mol. The number of halogens is 1. The number of anilines is 1. The molecule has 0 radical (unpaired) electrons. The molecule has 0 amide bonds. The van der Waals surface area contributed by atoms with Gasteiger partial charge >= 0.3 is 0 Å². The summed E-state index contributed by atoms with van der Waals surface area (Å²) in [5.74, 6) is 1.22. The third-order valence-corrected chi connectivity index (χ3v) is 3.37. The first kappa shape index (κ1) is 15.4. The lowest BCUT2D eigenvalue weighted by Crippen LogP contribution is -2.22. The Labute approximate surface area is 129 Å². The summed E-state index contributed by atoms with van der Waals surface area (Å²) in [5, 5.41) is 3.29. The summed E-state index contributed by atoms with van der Waals surface area (Å²) in [6, 6.07) is 11.0. The van der Waals surface area contributed by atoms with Crippen LogP contribution >= 0.6 is 11.6 Å². The molecule has 112 valence electrons. The van der Waals surface area contributed by atoms with Crippen LogP contribution in [-0.4, -0.2) is 17.7 Å². The minimum absolute atomic E-state index is 0.00689. The Morgan fingerprint density at radius 1 is 1.29 bits per heavy atom. The predicted octanol–water partition coefficient (Wildman–Crippen LogP) is 3.10. The first-order chi connectivity index (χ1) is 10.2. The van der Waals surface area contributed by atoms with Gasteiger partial charge in [-0.05, 0) is 31.2 Å². The summed E-state index contributed by atoms with van der Waals surface area (Å²) < 4.78 is 7.19. The third kappa shape index (κ3) is 4.26. The van der Waals surface area contributed by atoms with E-state index in [0.717, 1.165) is 17.0 Å². The lowest BCUT2D eigenvalue weighted by Gasteiger charge is -2.12. The summed E-state index contributed by atoms with van der Waals surface area (Å²) in [6.07, 6.45) is 1.78. The normalized spacial score (nSPS) is 10.4. The minimum Gasteiger partial charge on any atom is -0.494 e. The maximum atomic E-state index is 11.6. The highest BCUT2D eigenvalue weighted by molar-refractivity contribution is 6.17. The van der Waals surface area contributed by atoms with Crippen molar-refractivity contribution in [3.8, 4) is 5.75 Å². The molecule has 1 aromatic carbocycles. The van der Waals surface area contributed by atoms with Gasteiger partial charge in [-0.1, -0.05) is 6.07 Å². The Kier molecular flexibility index (Phi) is 5.69. The molecule has 0 aliphatic rings. The maximum absolute atomic E-state index is 11.6. The number of ether oxygens (including phenoxy) is 1. The minimum atomic E-state index is 0.00689. The van der Waals surface area contributed by atoms with Crippen LogP contribution in [0.3, 0.4) is 0 Å². The number of aromatic nitrogens is 1. The van der Waals surface area contributed by atoms with Gasteiger partial charge in [0, 0.05) is 36.6 Å². The van der Waals surface area contributed by atoms with Crippen LogP contribution in [0, 0.1) is 0 Å². The standard InChI is InChI=1S/C16H19ClN2O2/c1-2-21-15-7-6-14(11-13(15)12-17)18-8-10-19-9-4-3-5-16(19)20/h3-7,9,11,18H,2,8,10,12H2,1H3. The number of pyridine rings is 1. The van der Waals surface area contributed by atoms with E-state index in [1.165, 1.54) is 0 Å². The molecule has 21 heavy (non-hydrogen) atoms. The molecule has 4 nitrogen and oxygen atoms in total. The van der Waals surface area contributed by atoms with Gasteiger partial charge in [0.2, 0.25) is 0 Å². The lowest BCUT2D eigenvalue weighted by atomic mass is 10.2. The van der Waals surface area contributed by atoms with Crippen LogP contribution in [0.5, 0.6) is 5.75 Å². The number of hydrogen-bond donors (Lipinski definition) is 1. The number of nitrogens with zero attached hydrogens (tertiary/aromatic N) is 1. The van der Waals surface area contributed by atoms with Crippen molar-refractivity contribution >= 4 is 17.3 Å². The summed E-state index contributed by atoms with van der Waals surface area (Å²) in [5.41, 5.74) is 1.94. The molecule has 1 heterocycles. The van der Waals surface area contributed by atoms with Gasteiger partial charge in [-0.25, -0.2) is 0 Å². The fourth-order valence-corrected chi connectivity index (χ4v) is 2.27. The Morgan fingerprint density at radius 2 is 2.14 bits per heavy atom. The highest BCUT2D eigenvalue weighted by Crippen LogP contribution is 2.24. The fraction of sp³-hybridized carbons (Fsp3) is 0.312. The van der Waals surface area contributed by atoms with E-state index in [1.54, 1.807) is 22.9 Å². The van der Waals surface area contributed by atoms with E-state index in [9.17, 15) is 4.79 Å². The Bertz CT molecular complexity index is 640. The van der Waals surface area contributed by atoms with Crippen molar-refractivity contribution in [2.45, 2.75) is 19.3 Å². The first-order valence-electron chi connectivity index (χ1n) is 6.95. The number of rotatable bonds is 7. The molecule has 0 fully saturated rings. The van der Waals surface area contributed by atoms with Crippen molar-refractivity contribution in [3.05, 3.63) is 58.5 Å². The molecule has 2 rings (SSSR count). The predicted molar refractivity (Wildman–Crippen MR) is 86.4 cm³/mol. The van der Waals surface area contributed by atoms with E-state index in [-0.39, 0.29) is 5.56 Å². The second kappa shape index (κ2) is 7.74. The topological polar surface area (TPSA) is 43.3 Å². The zero-order valence-electron chi connectivity index (χ0n) is 12.0. The highest BCUT2D eigenvalue weighted by Gasteiger charge is 2.04. The van der Waals surface area contributed by atoms with Gasteiger partial charge in [0.25, 0.3) is 5.56 Å². The van der Waals surface area contributed by atoms with E-state index < -0.39 is 0 Å². The molecule has 1 N–H and O–H groups in total. The van der Waals surface area contributed by atoms with Crippen LogP contribution in [-0.2, 0) is 12.4 Å². The zero-order chi connectivity index (χ0) is 15.1. The summed E-state index contributed by atoms with van der Waals surface area (Å²) >= 11 is 5.94. The molecule has 1 aromatic heterocycles. The fourth-order valence-electron chi connectivity index (χ4n) is 2.06. The molecular weight excluding hydrogens is 288 g/mol. The molecular formula is C16H19ClN2O2. The van der Waals surface area contributed by atoms with Crippen molar-refractivity contribution in [2.75, 3.05) is 18.5 Å². The number of alkyl halides is 1. The van der Waals surface area contributed by atoms with E-state index >= 15 is 0 Å². The number of benzene rings is 1. The third-order valence-electron chi connectivity index (χ3n) is 3.09. The average molecular weight is 307 g/mol. The van der Waals surface area contributed by atoms with Crippen LogP contribution in [0.2, 0.25) is 0 Å². The second-order valence-corrected chi connectivity index (χ2v) is 4.82. The Morgan fingerprint density at radius 3 is 2.86 bits per heavy atom. The largest absolute Gasteiger partial charge is 0.494 e. The van der Waals surface area contributed by atoms with Crippen molar-refractivity contribution in [1.29, 1.82) is 0 Å². The van der Waals surface area contributed by atoms with E-state index in [4.69, 9.17) is 16.3 Å². The van der Waals surface area contributed by atoms with E-state index in [1.807, 2.05) is 31.2 Å². The molecule has 5 heteroatoms. The smallest absolute Gasteiger partial charge is 0.250 e. The first-order valence-corrected chi connectivity index (χ1v) is 7.49. The zero-order valence-corrected chi connectivity index (χ0v) is 12.8. The van der Waals surface area contributed by atoms with Gasteiger partial charge in [0.15, 0.2) is 0 Å². The molecule has 0 saturated carbocycles. The van der Waals surface area contributed by atoms with Crippen molar-refractivity contribution < 1.29 is 4.74 Å². The van der Waals surface area contributed by atoms with Crippen LogP contribution < -0.4 is 15.6 Å². The Balaban J connectivity index is 1.97. The molecule has 0 atom stereocenters. The SMILES string of the molecule is CCOc1ccc(NCCn2ccccc2=O)cc1CCl. The summed E-state index contributed by atoms with van der Waals surface area (Å²) in [7, 11) is 0.